The van der Waals surface area contributed by atoms with Gasteiger partial charge in [-0.1, -0.05) is 68.7 Å². The monoisotopic (exact) mass is 568 g/mol. The Morgan fingerprint density at radius 3 is 2.33 bits per heavy atom. The number of benzene rings is 2. The van der Waals surface area contributed by atoms with Crippen molar-refractivity contribution in [2.75, 3.05) is 11.8 Å². The summed E-state index contributed by atoms with van der Waals surface area (Å²) in [7, 11) is -2.40. The minimum atomic E-state index is -3.98. The number of anilines is 1. The van der Waals surface area contributed by atoms with Gasteiger partial charge < -0.3 is 14.7 Å². The standard InChI is InChI=1S/C30H40N4O5S/c1-8-9-14-27(35)34(28(19(2)3)29(36)31-7)18-23-15-16-24(20(4)17-23)25-12-10-11-13-26(25)40(37,38)33-30-21(5)22(6)32-39-30/h10-13,15-17,19,28,33H,8-9,14,18H2,1-7H3,(H,31,36). The number of likely N-dealkylation sites (N-methyl/N-ethyl adjacent to an activating group) is 1. The van der Waals surface area contributed by atoms with Crippen LogP contribution in [0.1, 0.15) is 62.4 Å². The second-order valence-electron chi connectivity index (χ2n) is 10.4. The number of carbonyl (C=O) groups is 2. The van der Waals surface area contributed by atoms with Crippen LogP contribution in [-0.2, 0) is 26.2 Å². The van der Waals surface area contributed by atoms with Crippen LogP contribution in [0.4, 0.5) is 5.88 Å². The molecule has 2 aromatic carbocycles. The van der Waals surface area contributed by atoms with E-state index in [2.05, 4.69) is 15.2 Å². The maximum atomic E-state index is 13.4. The van der Waals surface area contributed by atoms with E-state index in [1.54, 1.807) is 50.1 Å². The Balaban J connectivity index is 1.98. The van der Waals surface area contributed by atoms with Gasteiger partial charge in [-0.15, -0.1) is 0 Å². The summed E-state index contributed by atoms with van der Waals surface area (Å²) in [6.45, 7) is 11.5. The summed E-state index contributed by atoms with van der Waals surface area (Å²) in [4.78, 5) is 27.8. The van der Waals surface area contributed by atoms with Crippen molar-refractivity contribution in [1.82, 2.24) is 15.4 Å². The van der Waals surface area contributed by atoms with Crippen molar-refractivity contribution in [2.45, 2.75) is 78.3 Å². The van der Waals surface area contributed by atoms with E-state index in [4.69, 9.17) is 4.52 Å². The second-order valence-corrected chi connectivity index (χ2v) is 12.1. The highest BCUT2D eigenvalue weighted by molar-refractivity contribution is 7.92. The number of amides is 2. The summed E-state index contributed by atoms with van der Waals surface area (Å²) in [5, 5.41) is 6.54. The molecule has 40 heavy (non-hydrogen) atoms. The fraction of sp³-hybridized carbons (Fsp3) is 0.433. The summed E-state index contributed by atoms with van der Waals surface area (Å²) < 4.78 is 34.5. The molecule has 10 heteroatoms. The first-order chi connectivity index (χ1) is 18.9. The van der Waals surface area contributed by atoms with Crippen LogP contribution in [0, 0.1) is 26.7 Å². The van der Waals surface area contributed by atoms with Crippen LogP contribution in [0.15, 0.2) is 51.9 Å². The molecule has 0 aliphatic rings. The minimum absolute atomic E-state index is 0.0636. The van der Waals surface area contributed by atoms with Crippen molar-refractivity contribution < 1.29 is 22.5 Å². The topological polar surface area (TPSA) is 122 Å². The summed E-state index contributed by atoms with van der Waals surface area (Å²) in [5.74, 6) is -0.251. The zero-order valence-electron chi connectivity index (χ0n) is 24.4. The summed E-state index contributed by atoms with van der Waals surface area (Å²) in [6.07, 6.45) is 2.00. The molecular formula is C30H40N4O5S. The Morgan fingerprint density at radius 2 is 1.75 bits per heavy atom. The van der Waals surface area contributed by atoms with Crippen molar-refractivity contribution in [3.05, 3.63) is 64.8 Å². The molecule has 0 aliphatic heterocycles. The molecule has 3 rings (SSSR count). The molecule has 1 heterocycles. The van der Waals surface area contributed by atoms with E-state index in [-0.39, 0.29) is 35.1 Å². The molecule has 0 aliphatic carbocycles. The average Bonchev–Trinajstić information content (AvgIpc) is 3.22. The first-order valence-electron chi connectivity index (χ1n) is 13.6. The van der Waals surface area contributed by atoms with E-state index in [0.717, 1.165) is 29.5 Å². The number of hydrogen-bond acceptors (Lipinski definition) is 6. The third-order valence-electron chi connectivity index (χ3n) is 7.04. The van der Waals surface area contributed by atoms with E-state index in [9.17, 15) is 18.0 Å². The van der Waals surface area contributed by atoms with Crippen LogP contribution in [0.5, 0.6) is 0 Å². The maximum Gasteiger partial charge on any atom is 0.264 e. The van der Waals surface area contributed by atoms with Gasteiger partial charge in [-0.25, -0.2) is 13.1 Å². The lowest BCUT2D eigenvalue weighted by atomic mass is 9.96. The van der Waals surface area contributed by atoms with Gasteiger partial charge in [0.05, 0.1) is 10.6 Å². The zero-order valence-corrected chi connectivity index (χ0v) is 25.2. The van der Waals surface area contributed by atoms with Crippen LogP contribution >= 0.6 is 0 Å². The summed E-state index contributed by atoms with van der Waals surface area (Å²) in [6, 6.07) is 11.9. The molecule has 0 saturated heterocycles. The van der Waals surface area contributed by atoms with Crippen molar-refractivity contribution in [1.29, 1.82) is 0 Å². The zero-order chi connectivity index (χ0) is 29.6. The van der Waals surface area contributed by atoms with Gasteiger partial charge in [0.15, 0.2) is 0 Å². The molecule has 1 aromatic heterocycles. The van der Waals surface area contributed by atoms with Crippen LogP contribution in [0.3, 0.4) is 0 Å². The number of nitrogens with zero attached hydrogens (tertiary/aromatic N) is 2. The molecule has 2 N–H and O–H groups in total. The first kappa shape index (κ1) is 30.9. The van der Waals surface area contributed by atoms with E-state index < -0.39 is 16.1 Å². The lowest BCUT2D eigenvalue weighted by Gasteiger charge is -2.33. The Labute approximate surface area is 237 Å². The van der Waals surface area contributed by atoms with Crippen LogP contribution < -0.4 is 10.0 Å². The van der Waals surface area contributed by atoms with E-state index in [0.29, 0.717) is 23.2 Å². The molecular weight excluding hydrogens is 528 g/mol. The third kappa shape index (κ3) is 6.91. The molecule has 0 fully saturated rings. The second kappa shape index (κ2) is 13.1. The van der Waals surface area contributed by atoms with Gasteiger partial charge in [-0.2, -0.15) is 0 Å². The lowest BCUT2D eigenvalue weighted by Crippen LogP contribution is -2.51. The Kier molecular flexibility index (Phi) is 10.1. The van der Waals surface area contributed by atoms with Crippen LogP contribution in [0.2, 0.25) is 0 Å². The highest BCUT2D eigenvalue weighted by Crippen LogP contribution is 2.32. The fourth-order valence-electron chi connectivity index (χ4n) is 4.70. The van der Waals surface area contributed by atoms with Gasteiger partial charge in [-0.05, 0) is 55.9 Å². The normalized spacial score (nSPS) is 12.3. The SMILES string of the molecule is CCCCC(=O)N(Cc1ccc(-c2ccccc2S(=O)(=O)Nc2onc(C)c2C)c(C)c1)C(C(=O)NC)C(C)C. The fourth-order valence-corrected chi connectivity index (χ4v) is 5.97. The van der Waals surface area contributed by atoms with Crippen molar-refractivity contribution in [3.63, 3.8) is 0 Å². The van der Waals surface area contributed by atoms with Crippen molar-refractivity contribution >= 4 is 27.7 Å². The molecule has 0 saturated carbocycles. The van der Waals surface area contributed by atoms with Gasteiger partial charge in [0.2, 0.25) is 17.7 Å². The molecule has 9 nitrogen and oxygen atoms in total. The number of rotatable bonds is 12. The van der Waals surface area contributed by atoms with Crippen molar-refractivity contribution in [2.24, 2.45) is 5.92 Å². The van der Waals surface area contributed by atoms with Gasteiger partial charge >= 0.3 is 0 Å². The van der Waals surface area contributed by atoms with E-state index >= 15 is 0 Å². The minimum Gasteiger partial charge on any atom is -0.357 e. The Hall–Kier alpha value is -3.66. The van der Waals surface area contributed by atoms with Crippen LogP contribution in [-0.4, -0.2) is 43.4 Å². The molecule has 0 spiro atoms. The van der Waals surface area contributed by atoms with Gasteiger partial charge in [0.1, 0.15) is 6.04 Å². The molecule has 216 valence electrons. The molecule has 1 atom stereocenters. The molecule has 0 bridgehead atoms. The highest BCUT2D eigenvalue weighted by Gasteiger charge is 2.32. The van der Waals surface area contributed by atoms with Crippen LogP contribution in [0.25, 0.3) is 11.1 Å². The molecule has 1 unspecified atom stereocenters. The largest absolute Gasteiger partial charge is 0.357 e. The predicted molar refractivity (Wildman–Crippen MR) is 156 cm³/mol. The lowest BCUT2D eigenvalue weighted by molar-refractivity contribution is -0.142. The number of carbonyl (C=O) groups excluding carboxylic acids is 2. The molecule has 3 aromatic rings. The number of aromatic nitrogens is 1. The van der Waals surface area contributed by atoms with Crippen molar-refractivity contribution in [3.8, 4) is 11.1 Å². The Bertz CT molecular complexity index is 1460. The first-order valence-corrected chi connectivity index (χ1v) is 15.0. The number of aryl methyl sites for hydroxylation is 2. The number of hydrogen-bond donors (Lipinski definition) is 2. The van der Waals surface area contributed by atoms with E-state index in [1.807, 2.05) is 45.9 Å². The van der Waals surface area contributed by atoms with E-state index in [1.165, 1.54) is 0 Å². The van der Waals surface area contributed by atoms with Gasteiger partial charge in [-0.3, -0.25) is 9.59 Å². The number of unbranched alkanes of at least 4 members (excludes halogenated alkanes) is 1. The predicted octanol–water partition coefficient (Wildman–Crippen LogP) is 5.36. The van der Waals surface area contributed by atoms with Gasteiger partial charge in [0.25, 0.3) is 10.0 Å². The summed E-state index contributed by atoms with van der Waals surface area (Å²) >= 11 is 0. The molecule has 0 radical (unpaired) electrons. The Morgan fingerprint density at radius 1 is 1.05 bits per heavy atom. The highest BCUT2D eigenvalue weighted by atomic mass is 32.2. The average molecular weight is 569 g/mol. The molecule has 2 amide bonds. The maximum absolute atomic E-state index is 13.4. The third-order valence-corrected chi connectivity index (χ3v) is 8.43. The smallest absolute Gasteiger partial charge is 0.264 e. The number of sulfonamides is 1. The summed E-state index contributed by atoms with van der Waals surface area (Å²) in [5.41, 5.74) is 4.20. The number of nitrogens with one attached hydrogen (secondary N) is 2. The quantitative estimate of drug-likeness (QED) is 0.304. The van der Waals surface area contributed by atoms with Gasteiger partial charge in [0, 0.05) is 31.1 Å².